The molecule has 30 heavy (non-hydrogen) atoms. The summed E-state index contributed by atoms with van der Waals surface area (Å²) in [5, 5.41) is 0.148. The standard InChI is InChI=1S/C21H27F2N5OS/c1-12-11-28(9-8-26(12)3)15-10-14(22)16(17(23)18(15)24)20-25-19(13(2)30-20)21(29)27-6-4-5-7-27/h10,12H,4-9,11,24H2,1-3H3. The van der Waals surface area contributed by atoms with Crippen LogP contribution in [0, 0.1) is 18.6 Å². The smallest absolute Gasteiger partial charge is 0.273 e. The van der Waals surface area contributed by atoms with Gasteiger partial charge in [0.25, 0.3) is 5.91 Å². The maximum absolute atomic E-state index is 15.2. The second kappa shape index (κ2) is 8.11. The molecular weight excluding hydrogens is 408 g/mol. The number of amides is 1. The lowest BCUT2D eigenvalue weighted by atomic mass is 10.1. The number of likely N-dealkylation sites (tertiary alicyclic amines) is 1. The predicted molar refractivity (Wildman–Crippen MR) is 116 cm³/mol. The largest absolute Gasteiger partial charge is 0.395 e. The van der Waals surface area contributed by atoms with Crippen LogP contribution in [0.15, 0.2) is 6.07 Å². The van der Waals surface area contributed by atoms with Gasteiger partial charge < -0.3 is 20.4 Å². The Hall–Kier alpha value is -2.26. The van der Waals surface area contributed by atoms with E-state index in [1.807, 2.05) is 11.9 Å². The van der Waals surface area contributed by atoms with E-state index in [4.69, 9.17) is 5.73 Å². The first kappa shape index (κ1) is 21.0. The van der Waals surface area contributed by atoms with Crippen molar-refractivity contribution >= 4 is 28.6 Å². The molecule has 9 heteroatoms. The third-order valence-corrected chi connectivity index (χ3v) is 7.13. The molecule has 2 fully saturated rings. The second-order valence-corrected chi connectivity index (χ2v) is 9.38. The molecule has 0 radical (unpaired) electrons. The number of carbonyl (C=O) groups is 1. The van der Waals surface area contributed by atoms with Gasteiger partial charge in [-0.05, 0) is 33.7 Å². The van der Waals surface area contributed by atoms with Crippen LogP contribution in [0.3, 0.4) is 0 Å². The molecule has 2 N–H and O–H groups in total. The molecule has 1 aromatic carbocycles. The maximum atomic E-state index is 15.2. The minimum atomic E-state index is -0.814. The van der Waals surface area contributed by atoms with Crippen molar-refractivity contribution in [1.82, 2.24) is 14.8 Å². The van der Waals surface area contributed by atoms with Crippen LogP contribution in [-0.4, -0.2) is 66.5 Å². The van der Waals surface area contributed by atoms with Crippen molar-refractivity contribution in [2.75, 3.05) is 50.4 Å². The Labute approximate surface area is 179 Å². The van der Waals surface area contributed by atoms with E-state index in [-0.39, 0.29) is 33.9 Å². The molecule has 1 aromatic heterocycles. The Kier molecular flexibility index (Phi) is 5.67. The Balaban J connectivity index is 1.68. The summed E-state index contributed by atoms with van der Waals surface area (Å²) >= 11 is 1.12. The van der Waals surface area contributed by atoms with Crippen molar-refractivity contribution in [2.45, 2.75) is 32.7 Å². The summed E-state index contributed by atoms with van der Waals surface area (Å²) in [6, 6.07) is 1.55. The fourth-order valence-electron chi connectivity index (χ4n) is 4.12. The molecule has 2 aliphatic heterocycles. The van der Waals surface area contributed by atoms with Gasteiger partial charge in [0.2, 0.25) is 0 Å². The van der Waals surface area contributed by atoms with E-state index in [2.05, 4.69) is 16.8 Å². The maximum Gasteiger partial charge on any atom is 0.273 e. The number of thiazole rings is 1. The van der Waals surface area contributed by atoms with Gasteiger partial charge in [0.05, 0.1) is 16.9 Å². The van der Waals surface area contributed by atoms with Crippen LogP contribution in [0.4, 0.5) is 20.2 Å². The molecule has 2 aliphatic rings. The number of hydrogen-bond donors (Lipinski definition) is 1. The number of halogens is 2. The van der Waals surface area contributed by atoms with Crippen molar-refractivity contribution < 1.29 is 13.6 Å². The minimum absolute atomic E-state index is 0.0802. The molecule has 3 heterocycles. The van der Waals surface area contributed by atoms with E-state index in [0.717, 1.165) is 30.7 Å². The van der Waals surface area contributed by atoms with E-state index in [0.29, 0.717) is 36.7 Å². The number of anilines is 2. The summed E-state index contributed by atoms with van der Waals surface area (Å²) in [7, 11) is 2.03. The van der Waals surface area contributed by atoms with Crippen LogP contribution in [0.2, 0.25) is 0 Å². The number of nitrogens with zero attached hydrogens (tertiary/aromatic N) is 4. The number of aromatic nitrogens is 1. The Morgan fingerprint density at radius 1 is 1.23 bits per heavy atom. The highest BCUT2D eigenvalue weighted by atomic mass is 32.1. The second-order valence-electron chi connectivity index (χ2n) is 8.18. The molecule has 0 bridgehead atoms. The van der Waals surface area contributed by atoms with E-state index in [9.17, 15) is 4.79 Å². The number of nitrogen functional groups attached to an aromatic ring is 1. The summed E-state index contributed by atoms with van der Waals surface area (Å²) in [4.78, 5) is 23.5. The quantitative estimate of drug-likeness (QED) is 0.749. The lowest BCUT2D eigenvalue weighted by molar-refractivity contribution is 0.0787. The molecule has 1 amide bonds. The fraction of sp³-hybridized carbons (Fsp3) is 0.524. The number of piperazine rings is 1. The van der Waals surface area contributed by atoms with Crippen molar-refractivity contribution in [3.8, 4) is 10.6 Å². The SMILES string of the molecule is Cc1sc(-c2c(F)cc(N3CCN(C)C(C)C3)c(N)c2F)nc1C(=O)N1CCCC1. The number of rotatable bonds is 3. The van der Waals surface area contributed by atoms with Gasteiger partial charge in [-0.2, -0.15) is 0 Å². The van der Waals surface area contributed by atoms with Crippen LogP contribution >= 0.6 is 11.3 Å². The Bertz CT molecular complexity index is 973. The highest BCUT2D eigenvalue weighted by molar-refractivity contribution is 7.15. The zero-order chi connectivity index (χ0) is 21.6. The Morgan fingerprint density at radius 2 is 1.93 bits per heavy atom. The number of aryl methyl sites for hydroxylation is 1. The molecule has 2 saturated heterocycles. The van der Waals surface area contributed by atoms with Gasteiger partial charge in [0.15, 0.2) is 5.82 Å². The first-order valence-corrected chi connectivity index (χ1v) is 11.1. The lowest BCUT2D eigenvalue weighted by Crippen LogP contribution is -2.50. The van der Waals surface area contributed by atoms with Gasteiger partial charge in [0.1, 0.15) is 16.5 Å². The summed E-state index contributed by atoms with van der Waals surface area (Å²) in [6.07, 6.45) is 1.93. The lowest BCUT2D eigenvalue weighted by Gasteiger charge is -2.39. The molecule has 6 nitrogen and oxygen atoms in total. The number of hydrogen-bond acceptors (Lipinski definition) is 6. The molecule has 1 unspecified atom stereocenters. The van der Waals surface area contributed by atoms with Crippen LogP contribution in [-0.2, 0) is 0 Å². The molecule has 162 valence electrons. The first-order valence-electron chi connectivity index (χ1n) is 10.3. The summed E-state index contributed by atoms with van der Waals surface area (Å²) < 4.78 is 30.3. The van der Waals surface area contributed by atoms with Crippen molar-refractivity contribution in [3.63, 3.8) is 0 Å². The van der Waals surface area contributed by atoms with Gasteiger partial charge in [0, 0.05) is 49.7 Å². The van der Waals surface area contributed by atoms with Gasteiger partial charge in [-0.25, -0.2) is 13.8 Å². The third-order valence-electron chi connectivity index (χ3n) is 6.14. The summed E-state index contributed by atoms with van der Waals surface area (Å²) in [6.45, 7) is 7.29. The van der Waals surface area contributed by atoms with Gasteiger partial charge >= 0.3 is 0 Å². The van der Waals surface area contributed by atoms with Crippen LogP contribution in [0.5, 0.6) is 0 Å². The van der Waals surface area contributed by atoms with Crippen molar-refractivity contribution in [2.24, 2.45) is 0 Å². The topological polar surface area (TPSA) is 65.7 Å². The summed E-state index contributed by atoms with van der Waals surface area (Å²) in [5.74, 6) is -1.70. The molecule has 0 aliphatic carbocycles. The van der Waals surface area contributed by atoms with Crippen LogP contribution in [0.1, 0.15) is 35.1 Å². The average Bonchev–Trinajstić information content (AvgIpc) is 3.37. The minimum Gasteiger partial charge on any atom is -0.395 e. The highest BCUT2D eigenvalue weighted by Crippen LogP contribution is 2.39. The normalized spacial score (nSPS) is 20.2. The number of likely N-dealkylation sites (N-methyl/N-ethyl adjacent to an activating group) is 1. The van der Waals surface area contributed by atoms with E-state index in [1.165, 1.54) is 6.07 Å². The first-order chi connectivity index (χ1) is 14.3. The molecule has 0 spiro atoms. The van der Waals surface area contributed by atoms with E-state index in [1.54, 1.807) is 11.8 Å². The van der Waals surface area contributed by atoms with Gasteiger partial charge in [-0.3, -0.25) is 4.79 Å². The number of nitrogens with two attached hydrogens (primary N) is 1. The predicted octanol–water partition coefficient (Wildman–Crippen LogP) is 3.36. The monoisotopic (exact) mass is 435 g/mol. The molecular formula is C21H27F2N5OS. The highest BCUT2D eigenvalue weighted by Gasteiger charge is 2.29. The van der Waals surface area contributed by atoms with Gasteiger partial charge in [-0.15, -0.1) is 11.3 Å². The fourth-order valence-corrected chi connectivity index (χ4v) is 5.06. The molecule has 0 saturated carbocycles. The average molecular weight is 436 g/mol. The van der Waals surface area contributed by atoms with Crippen LogP contribution in [0.25, 0.3) is 10.6 Å². The molecule has 2 aromatic rings. The van der Waals surface area contributed by atoms with Crippen molar-refractivity contribution in [3.05, 3.63) is 28.3 Å². The van der Waals surface area contributed by atoms with Crippen LogP contribution < -0.4 is 10.6 Å². The van der Waals surface area contributed by atoms with E-state index < -0.39 is 11.6 Å². The zero-order valence-corrected chi connectivity index (χ0v) is 18.4. The zero-order valence-electron chi connectivity index (χ0n) is 17.5. The molecule has 4 rings (SSSR count). The Morgan fingerprint density at radius 3 is 2.60 bits per heavy atom. The van der Waals surface area contributed by atoms with Crippen molar-refractivity contribution in [1.29, 1.82) is 0 Å². The number of benzene rings is 1. The summed E-state index contributed by atoms with van der Waals surface area (Å²) in [5.41, 5.74) is 6.41. The third kappa shape index (κ3) is 3.65. The van der Waals surface area contributed by atoms with E-state index >= 15 is 8.78 Å². The number of carbonyl (C=O) groups excluding carboxylic acids is 1. The molecule has 1 atom stereocenters. The van der Waals surface area contributed by atoms with Gasteiger partial charge in [-0.1, -0.05) is 0 Å².